The molecule has 1 atom stereocenters. The average Bonchev–Trinajstić information content (AvgIpc) is 3.28. The molecule has 6 heteroatoms. The zero-order valence-corrected chi connectivity index (χ0v) is 16.5. The van der Waals surface area contributed by atoms with Gasteiger partial charge in [0.2, 0.25) is 5.56 Å². The number of nitrogens with zero attached hydrogens (tertiary/aromatic N) is 1. The summed E-state index contributed by atoms with van der Waals surface area (Å²) >= 11 is 0. The summed E-state index contributed by atoms with van der Waals surface area (Å²) in [4.78, 5) is 30.2. The minimum atomic E-state index is -0.283. The number of amides is 1. The van der Waals surface area contributed by atoms with Crippen molar-refractivity contribution in [3.05, 3.63) is 76.1 Å². The highest BCUT2D eigenvalue weighted by Crippen LogP contribution is 2.31. The number of pyridine rings is 1. The first-order valence-corrected chi connectivity index (χ1v) is 9.94. The smallest absolute Gasteiger partial charge is 0.252 e. The molecule has 2 heterocycles. The number of carbonyl (C=O) groups is 1. The SMILES string of the molecule is COc1ccccc1C(CNC(=O)c1cc(=O)[nH]c2ccccc12)N1CCCC1. The minimum Gasteiger partial charge on any atom is -0.496 e. The van der Waals surface area contributed by atoms with Gasteiger partial charge in [-0.3, -0.25) is 14.5 Å². The van der Waals surface area contributed by atoms with Crippen LogP contribution in [0.15, 0.2) is 59.4 Å². The number of likely N-dealkylation sites (tertiary alicyclic amines) is 1. The molecule has 0 aliphatic carbocycles. The van der Waals surface area contributed by atoms with Gasteiger partial charge in [-0.2, -0.15) is 0 Å². The normalized spacial score (nSPS) is 15.3. The molecule has 4 rings (SSSR count). The molecular formula is C23H25N3O3. The molecule has 1 unspecified atom stereocenters. The number of nitrogens with one attached hydrogen (secondary N) is 2. The van der Waals surface area contributed by atoms with Gasteiger partial charge in [0.1, 0.15) is 5.75 Å². The fourth-order valence-corrected chi connectivity index (χ4v) is 4.11. The molecule has 2 N–H and O–H groups in total. The van der Waals surface area contributed by atoms with Crippen molar-refractivity contribution >= 4 is 16.8 Å². The number of rotatable bonds is 6. The lowest BCUT2D eigenvalue weighted by Crippen LogP contribution is -2.37. The molecule has 3 aromatic rings. The fourth-order valence-electron chi connectivity index (χ4n) is 4.11. The Balaban J connectivity index is 1.61. The molecule has 1 aliphatic rings. The summed E-state index contributed by atoms with van der Waals surface area (Å²) in [5, 5.41) is 3.79. The van der Waals surface area contributed by atoms with Crippen molar-refractivity contribution in [2.75, 3.05) is 26.7 Å². The van der Waals surface area contributed by atoms with Crippen molar-refractivity contribution in [3.8, 4) is 5.75 Å². The molecular weight excluding hydrogens is 366 g/mol. The zero-order chi connectivity index (χ0) is 20.2. The molecule has 1 aliphatic heterocycles. The van der Waals surface area contributed by atoms with Gasteiger partial charge in [-0.25, -0.2) is 0 Å². The monoisotopic (exact) mass is 391 g/mol. The number of carbonyl (C=O) groups excluding carboxylic acids is 1. The van der Waals surface area contributed by atoms with Crippen molar-refractivity contribution in [1.29, 1.82) is 0 Å². The summed E-state index contributed by atoms with van der Waals surface area (Å²) < 4.78 is 5.57. The van der Waals surface area contributed by atoms with Crippen LogP contribution in [0.5, 0.6) is 5.75 Å². The number of hydrogen-bond donors (Lipinski definition) is 2. The average molecular weight is 391 g/mol. The molecule has 2 aromatic carbocycles. The van der Waals surface area contributed by atoms with Gasteiger partial charge in [0, 0.05) is 29.1 Å². The van der Waals surface area contributed by atoms with Gasteiger partial charge in [0.05, 0.1) is 18.7 Å². The third-order valence-corrected chi connectivity index (χ3v) is 5.53. The van der Waals surface area contributed by atoms with Gasteiger partial charge >= 0.3 is 0 Å². The van der Waals surface area contributed by atoms with E-state index in [1.165, 1.54) is 6.07 Å². The van der Waals surface area contributed by atoms with E-state index in [-0.39, 0.29) is 17.5 Å². The van der Waals surface area contributed by atoms with E-state index in [1.807, 2.05) is 36.4 Å². The van der Waals surface area contributed by atoms with Crippen LogP contribution in [0.4, 0.5) is 0 Å². The number of para-hydroxylation sites is 2. The van der Waals surface area contributed by atoms with Crippen LogP contribution in [0.2, 0.25) is 0 Å². The van der Waals surface area contributed by atoms with Gasteiger partial charge < -0.3 is 15.0 Å². The Kier molecular flexibility index (Phi) is 5.62. The minimum absolute atomic E-state index is 0.0193. The maximum Gasteiger partial charge on any atom is 0.252 e. The molecule has 150 valence electrons. The molecule has 0 saturated carbocycles. The van der Waals surface area contributed by atoms with Crippen molar-refractivity contribution in [3.63, 3.8) is 0 Å². The zero-order valence-electron chi connectivity index (χ0n) is 16.5. The van der Waals surface area contributed by atoms with Crippen LogP contribution < -0.4 is 15.6 Å². The number of aromatic nitrogens is 1. The van der Waals surface area contributed by atoms with E-state index in [4.69, 9.17) is 4.74 Å². The van der Waals surface area contributed by atoms with E-state index in [0.717, 1.165) is 42.6 Å². The Morgan fingerprint density at radius 3 is 2.66 bits per heavy atom. The van der Waals surface area contributed by atoms with Crippen LogP contribution in [0.3, 0.4) is 0 Å². The second kappa shape index (κ2) is 8.49. The van der Waals surface area contributed by atoms with Gasteiger partial charge in [-0.1, -0.05) is 36.4 Å². The fraction of sp³-hybridized carbons (Fsp3) is 0.304. The predicted molar refractivity (Wildman–Crippen MR) is 113 cm³/mol. The molecule has 1 fully saturated rings. The number of methoxy groups -OCH3 is 1. The number of aromatic amines is 1. The molecule has 0 radical (unpaired) electrons. The summed E-state index contributed by atoms with van der Waals surface area (Å²) in [5.74, 6) is 0.576. The highest BCUT2D eigenvalue weighted by Gasteiger charge is 2.26. The van der Waals surface area contributed by atoms with E-state index in [2.05, 4.69) is 21.3 Å². The third kappa shape index (κ3) is 4.03. The van der Waals surface area contributed by atoms with Gasteiger partial charge in [0.15, 0.2) is 0 Å². The Morgan fingerprint density at radius 2 is 1.86 bits per heavy atom. The maximum atomic E-state index is 13.0. The van der Waals surface area contributed by atoms with Crippen molar-refractivity contribution in [2.45, 2.75) is 18.9 Å². The van der Waals surface area contributed by atoms with Crippen LogP contribution >= 0.6 is 0 Å². The number of H-pyrrole nitrogens is 1. The van der Waals surface area contributed by atoms with E-state index in [1.54, 1.807) is 13.2 Å². The van der Waals surface area contributed by atoms with E-state index >= 15 is 0 Å². The quantitative estimate of drug-likeness (QED) is 0.677. The summed E-state index contributed by atoms with van der Waals surface area (Å²) in [7, 11) is 1.67. The molecule has 0 bridgehead atoms. The summed E-state index contributed by atoms with van der Waals surface area (Å²) in [6, 6.07) is 16.7. The third-order valence-electron chi connectivity index (χ3n) is 5.53. The van der Waals surface area contributed by atoms with Gasteiger partial charge in [-0.15, -0.1) is 0 Å². The second-order valence-corrected chi connectivity index (χ2v) is 7.30. The second-order valence-electron chi connectivity index (χ2n) is 7.30. The van der Waals surface area contributed by atoms with E-state index in [9.17, 15) is 9.59 Å². The van der Waals surface area contributed by atoms with Crippen molar-refractivity contribution in [2.24, 2.45) is 0 Å². The Labute approximate surface area is 169 Å². The molecule has 0 spiro atoms. The standard InChI is InChI=1S/C23H25N3O3/c1-29-21-11-5-3-9-17(21)20(26-12-6-7-13-26)15-24-23(28)18-14-22(27)25-19-10-4-2-8-16(18)19/h2-5,8-11,14,20H,6-7,12-13,15H2,1H3,(H,24,28)(H,25,27). The molecule has 1 amide bonds. The summed E-state index contributed by atoms with van der Waals surface area (Å²) in [5.41, 5.74) is 1.83. The maximum absolute atomic E-state index is 13.0. The topological polar surface area (TPSA) is 74.4 Å². The van der Waals surface area contributed by atoms with Gasteiger partial charge in [0.25, 0.3) is 5.91 Å². The number of fused-ring (bicyclic) bond motifs is 1. The number of benzene rings is 2. The Hall–Kier alpha value is -3.12. The highest BCUT2D eigenvalue weighted by molar-refractivity contribution is 6.05. The van der Waals surface area contributed by atoms with Crippen molar-refractivity contribution < 1.29 is 9.53 Å². The van der Waals surface area contributed by atoms with E-state index in [0.29, 0.717) is 17.6 Å². The van der Waals surface area contributed by atoms with Crippen LogP contribution in [0, 0.1) is 0 Å². The first-order chi connectivity index (χ1) is 14.2. The largest absolute Gasteiger partial charge is 0.496 e. The lowest BCUT2D eigenvalue weighted by atomic mass is 10.0. The first kappa shape index (κ1) is 19.2. The first-order valence-electron chi connectivity index (χ1n) is 9.94. The lowest BCUT2D eigenvalue weighted by molar-refractivity contribution is 0.0939. The van der Waals surface area contributed by atoms with Crippen LogP contribution in [0.1, 0.15) is 34.8 Å². The molecule has 6 nitrogen and oxygen atoms in total. The van der Waals surface area contributed by atoms with Crippen LogP contribution in [0.25, 0.3) is 10.9 Å². The Morgan fingerprint density at radius 1 is 1.14 bits per heavy atom. The van der Waals surface area contributed by atoms with Gasteiger partial charge in [-0.05, 0) is 38.1 Å². The molecule has 1 aromatic heterocycles. The van der Waals surface area contributed by atoms with Crippen LogP contribution in [-0.4, -0.2) is 42.5 Å². The summed E-state index contributed by atoms with van der Waals surface area (Å²) in [6.45, 7) is 2.43. The lowest BCUT2D eigenvalue weighted by Gasteiger charge is -2.29. The molecule has 1 saturated heterocycles. The number of ether oxygens (including phenoxy) is 1. The summed E-state index contributed by atoms with van der Waals surface area (Å²) in [6.07, 6.45) is 2.30. The van der Waals surface area contributed by atoms with Crippen molar-refractivity contribution in [1.82, 2.24) is 15.2 Å². The Bertz CT molecular complexity index is 1070. The highest BCUT2D eigenvalue weighted by atomic mass is 16.5. The van der Waals surface area contributed by atoms with Crippen LogP contribution in [-0.2, 0) is 0 Å². The predicted octanol–water partition coefficient (Wildman–Crippen LogP) is 3.10. The van der Waals surface area contributed by atoms with E-state index < -0.39 is 0 Å². The number of hydrogen-bond acceptors (Lipinski definition) is 4. The molecule has 29 heavy (non-hydrogen) atoms.